The van der Waals surface area contributed by atoms with Gasteiger partial charge in [0.25, 0.3) is 0 Å². The van der Waals surface area contributed by atoms with Gasteiger partial charge in [-0.2, -0.15) is 0 Å². The second-order valence-electron chi connectivity index (χ2n) is 5.89. The summed E-state index contributed by atoms with van der Waals surface area (Å²) in [6, 6.07) is 8.72. The Balaban J connectivity index is 1.72. The van der Waals surface area contributed by atoms with Gasteiger partial charge < -0.3 is 9.64 Å². The number of allylic oxidation sites excluding steroid dienone is 3. The number of pyridine rings is 1. The quantitative estimate of drug-likeness (QED) is 0.762. The zero-order chi connectivity index (χ0) is 18.7. The van der Waals surface area contributed by atoms with Crippen molar-refractivity contribution in [1.82, 2.24) is 4.98 Å². The zero-order valence-electron chi connectivity index (χ0n) is 14.3. The number of ether oxygens (including phenoxy) is 1. The first-order valence-electron chi connectivity index (χ1n) is 8.02. The Bertz CT molecular complexity index is 904. The number of anilines is 1. The molecule has 1 unspecified atom stereocenters. The van der Waals surface area contributed by atoms with Crippen molar-refractivity contribution in [3.8, 4) is 11.6 Å². The number of nitrogens with zero attached hydrogens (tertiary/aromatic N) is 2. The fourth-order valence-corrected chi connectivity index (χ4v) is 2.76. The lowest BCUT2D eigenvalue weighted by molar-refractivity contribution is -0.127. The highest BCUT2D eigenvalue weighted by Gasteiger charge is 2.27. The summed E-state index contributed by atoms with van der Waals surface area (Å²) in [5.74, 6) is -0.270. The number of aromatic nitrogens is 1. The number of carbonyl (C=O) groups is 2. The number of halogens is 1. The van der Waals surface area contributed by atoms with Crippen molar-refractivity contribution in [3.63, 3.8) is 0 Å². The van der Waals surface area contributed by atoms with Crippen molar-refractivity contribution in [1.29, 1.82) is 0 Å². The molecule has 3 rings (SSSR count). The highest BCUT2D eigenvalue weighted by Crippen LogP contribution is 2.27. The molecule has 0 fully saturated rings. The third-order valence-electron chi connectivity index (χ3n) is 4.04. The van der Waals surface area contributed by atoms with Crippen molar-refractivity contribution >= 4 is 29.0 Å². The van der Waals surface area contributed by atoms with E-state index in [1.54, 1.807) is 55.6 Å². The van der Waals surface area contributed by atoms with E-state index in [0.29, 0.717) is 22.3 Å². The summed E-state index contributed by atoms with van der Waals surface area (Å²) in [7, 11) is 1.61. The van der Waals surface area contributed by atoms with Crippen LogP contribution in [0.4, 0.5) is 5.69 Å². The van der Waals surface area contributed by atoms with Gasteiger partial charge >= 0.3 is 0 Å². The van der Waals surface area contributed by atoms with E-state index in [1.807, 2.05) is 6.92 Å². The fourth-order valence-electron chi connectivity index (χ4n) is 2.54. The molecule has 1 aromatic carbocycles. The summed E-state index contributed by atoms with van der Waals surface area (Å²) >= 11 is 5.94. The minimum atomic E-state index is -0.794. The third kappa shape index (κ3) is 3.83. The number of benzene rings is 1. The van der Waals surface area contributed by atoms with Crippen LogP contribution in [0, 0.1) is 12.8 Å². The van der Waals surface area contributed by atoms with Crippen LogP contribution in [0.2, 0.25) is 5.02 Å². The Hall–Kier alpha value is -2.92. The number of aryl methyl sites for hydroxylation is 1. The molecule has 0 saturated heterocycles. The SMILES string of the molecule is Cc1cc(Cl)ccc1Oc1ccc(N(C)C(=O)C2C=CC=CC2=O)cn1. The molecular weight excluding hydrogens is 352 g/mol. The molecule has 26 heavy (non-hydrogen) atoms. The van der Waals surface area contributed by atoms with Gasteiger partial charge in [-0.25, -0.2) is 4.98 Å². The molecule has 1 atom stereocenters. The Labute approximate surface area is 156 Å². The van der Waals surface area contributed by atoms with E-state index in [2.05, 4.69) is 4.98 Å². The van der Waals surface area contributed by atoms with Gasteiger partial charge in [0.2, 0.25) is 11.8 Å². The van der Waals surface area contributed by atoms with Crippen LogP contribution in [-0.2, 0) is 9.59 Å². The van der Waals surface area contributed by atoms with Gasteiger partial charge in [-0.05, 0) is 42.8 Å². The van der Waals surface area contributed by atoms with Crippen LogP contribution in [0.15, 0.2) is 60.8 Å². The monoisotopic (exact) mass is 368 g/mol. The summed E-state index contributed by atoms with van der Waals surface area (Å²) < 4.78 is 5.75. The second-order valence-corrected chi connectivity index (χ2v) is 6.32. The predicted molar refractivity (Wildman–Crippen MR) is 101 cm³/mol. The Morgan fingerprint density at radius 3 is 2.69 bits per heavy atom. The third-order valence-corrected chi connectivity index (χ3v) is 4.27. The molecule has 1 aliphatic carbocycles. The number of carbonyl (C=O) groups excluding carboxylic acids is 2. The average Bonchev–Trinajstić information content (AvgIpc) is 2.64. The van der Waals surface area contributed by atoms with E-state index in [1.165, 1.54) is 17.2 Å². The number of hydrogen-bond acceptors (Lipinski definition) is 4. The van der Waals surface area contributed by atoms with Crippen LogP contribution in [0.3, 0.4) is 0 Å². The highest BCUT2D eigenvalue weighted by molar-refractivity contribution is 6.30. The zero-order valence-corrected chi connectivity index (χ0v) is 15.1. The highest BCUT2D eigenvalue weighted by atomic mass is 35.5. The minimum absolute atomic E-state index is 0.226. The van der Waals surface area contributed by atoms with Gasteiger partial charge in [0.05, 0.1) is 11.9 Å². The van der Waals surface area contributed by atoms with Crippen molar-refractivity contribution in [3.05, 3.63) is 71.4 Å². The van der Waals surface area contributed by atoms with Gasteiger partial charge in [-0.15, -0.1) is 0 Å². The molecule has 0 bridgehead atoms. The van der Waals surface area contributed by atoms with Gasteiger partial charge in [-0.1, -0.05) is 29.8 Å². The van der Waals surface area contributed by atoms with Crippen LogP contribution in [0.25, 0.3) is 0 Å². The number of hydrogen-bond donors (Lipinski definition) is 0. The summed E-state index contributed by atoms with van der Waals surface area (Å²) in [6.45, 7) is 1.89. The molecule has 6 heteroatoms. The Morgan fingerprint density at radius 1 is 1.23 bits per heavy atom. The molecule has 1 amide bonds. The summed E-state index contributed by atoms with van der Waals surface area (Å²) in [5.41, 5.74) is 1.47. The standard InChI is InChI=1S/C20H17ClN2O3/c1-13-11-14(21)7-9-18(13)26-19-10-8-15(12-22-19)23(2)20(25)16-5-3-4-6-17(16)24/h3-12,16H,1-2H3. The normalized spacial score (nSPS) is 15.8. The van der Waals surface area contributed by atoms with Crippen molar-refractivity contribution in [2.24, 2.45) is 5.92 Å². The largest absolute Gasteiger partial charge is 0.439 e. The number of rotatable bonds is 4. The lowest BCUT2D eigenvalue weighted by atomic mass is 9.98. The lowest BCUT2D eigenvalue weighted by Gasteiger charge is -2.21. The number of amides is 1. The fraction of sp³-hybridized carbons (Fsp3) is 0.150. The van der Waals surface area contributed by atoms with Crippen LogP contribution >= 0.6 is 11.6 Å². The first kappa shape index (κ1) is 17.9. The van der Waals surface area contributed by atoms with E-state index < -0.39 is 5.92 Å². The van der Waals surface area contributed by atoms with Gasteiger partial charge in [0.15, 0.2) is 5.78 Å². The molecular formula is C20H17ClN2O3. The van der Waals surface area contributed by atoms with E-state index in [9.17, 15) is 9.59 Å². The first-order valence-corrected chi connectivity index (χ1v) is 8.40. The summed E-state index contributed by atoms with van der Waals surface area (Å²) in [6.07, 6.45) is 7.85. The molecule has 132 valence electrons. The number of ketones is 1. The summed E-state index contributed by atoms with van der Waals surface area (Å²) in [5, 5.41) is 0.638. The maximum atomic E-state index is 12.5. The molecule has 0 radical (unpaired) electrons. The predicted octanol–water partition coefficient (Wildman–Crippen LogP) is 4.11. The molecule has 0 aliphatic heterocycles. The molecule has 0 N–H and O–H groups in total. The Morgan fingerprint density at radius 2 is 2.04 bits per heavy atom. The molecule has 5 nitrogen and oxygen atoms in total. The van der Waals surface area contributed by atoms with Crippen LogP contribution in [0.5, 0.6) is 11.6 Å². The molecule has 0 spiro atoms. The maximum absolute atomic E-state index is 12.5. The molecule has 1 heterocycles. The van der Waals surface area contributed by atoms with E-state index in [-0.39, 0.29) is 11.7 Å². The minimum Gasteiger partial charge on any atom is -0.439 e. The van der Waals surface area contributed by atoms with Crippen molar-refractivity contribution in [2.75, 3.05) is 11.9 Å². The van der Waals surface area contributed by atoms with Crippen LogP contribution in [-0.4, -0.2) is 23.7 Å². The molecule has 2 aromatic rings. The van der Waals surface area contributed by atoms with Crippen molar-refractivity contribution in [2.45, 2.75) is 6.92 Å². The first-order chi connectivity index (χ1) is 12.5. The van der Waals surface area contributed by atoms with E-state index in [4.69, 9.17) is 16.3 Å². The lowest BCUT2D eigenvalue weighted by Crippen LogP contribution is -2.36. The molecule has 1 aliphatic rings. The molecule has 1 aromatic heterocycles. The van der Waals surface area contributed by atoms with Crippen LogP contribution < -0.4 is 9.64 Å². The maximum Gasteiger partial charge on any atom is 0.241 e. The van der Waals surface area contributed by atoms with Gasteiger partial charge in [0.1, 0.15) is 11.7 Å². The van der Waals surface area contributed by atoms with E-state index in [0.717, 1.165) is 5.56 Å². The summed E-state index contributed by atoms with van der Waals surface area (Å²) in [4.78, 5) is 30.0. The average molecular weight is 369 g/mol. The van der Waals surface area contributed by atoms with Crippen molar-refractivity contribution < 1.29 is 14.3 Å². The van der Waals surface area contributed by atoms with Gasteiger partial charge in [0, 0.05) is 18.1 Å². The second kappa shape index (κ2) is 7.54. The smallest absolute Gasteiger partial charge is 0.241 e. The topological polar surface area (TPSA) is 59.5 Å². The molecule has 0 saturated carbocycles. The van der Waals surface area contributed by atoms with Gasteiger partial charge in [-0.3, -0.25) is 9.59 Å². The van der Waals surface area contributed by atoms with E-state index >= 15 is 0 Å². The van der Waals surface area contributed by atoms with Crippen LogP contribution in [0.1, 0.15) is 5.56 Å². The Kier molecular flexibility index (Phi) is 5.19.